The van der Waals surface area contributed by atoms with Crippen molar-refractivity contribution in [3.8, 4) is 5.75 Å². The van der Waals surface area contributed by atoms with Gasteiger partial charge in [-0.15, -0.1) is 0 Å². The Hall–Kier alpha value is -2.97. The smallest absolute Gasteiger partial charge is 0.255 e. The Bertz CT molecular complexity index is 1160. The number of nitrogens with one attached hydrogen (secondary N) is 2. The molecule has 1 heterocycles. The van der Waals surface area contributed by atoms with E-state index in [1.807, 2.05) is 0 Å². The molecule has 0 aliphatic heterocycles. The first kappa shape index (κ1) is 18.4. The van der Waals surface area contributed by atoms with Crippen molar-refractivity contribution in [2.24, 2.45) is 0 Å². The number of sulfonamides is 1. The topological polar surface area (TPSA) is 97.4 Å². The van der Waals surface area contributed by atoms with Gasteiger partial charge in [0.15, 0.2) is 0 Å². The van der Waals surface area contributed by atoms with Gasteiger partial charge in [-0.3, -0.25) is 9.78 Å². The number of carbonyl (C=O) groups is 1. The molecule has 28 heavy (non-hydrogen) atoms. The Balaban J connectivity index is 1.62. The highest BCUT2D eigenvalue weighted by atomic mass is 32.2. The van der Waals surface area contributed by atoms with Crippen molar-refractivity contribution < 1.29 is 17.9 Å². The molecule has 1 aromatic heterocycles. The highest BCUT2D eigenvalue weighted by molar-refractivity contribution is 7.89. The molecule has 1 fully saturated rings. The van der Waals surface area contributed by atoms with E-state index in [2.05, 4.69) is 15.0 Å². The molecule has 1 aliphatic carbocycles. The number of benzene rings is 2. The third-order valence-electron chi connectivity index (χ3n) is 4.50. The van der Waals surface area contributed by atoms with E-state index >= 15 is 0 Å². The SMILES string of the molecule is COc1ccc2nccc(NC(=O)c3cccc(S(=O)(=O)NC4CC4)c3)c2c1. The van der Waals surface area contributed by atoms with E-state index < -0.39 is 15.9 Å². The molecule has 0 radical (unpaired) electrons. The number of rotatable bonds is 6. The monoisotopic (exact) mass is 397 g/mol. The van der Waals surface area contributed by atoms with E-state index in [9.17, 15) is 13.2 Å². The van der Waals surface area contributed by atoms with Crippen molar-refractivity contribution in [1.82, 2.24) is 9.71 Å². The number of hydrogen-bond donors (Lipinski definition) is 2. The molecule has 4 rings (SSSR count). The fourth-order valence-corrected chi connectivity index (χ4v) is 4.20. The number of pyridine rings is 1. The number of carbonyl (C=O) groups excluding carboxylic acids is 1. The highest BCUT2D eigenvalue weighted by Gasteiger charge is 2.28. The fourth-order valence-electron chi connectivity index (χ4n) is 2.85. The Labute approximate surface area is 162 Å². The molecule has 3 aromatic rings. The lowest BCUT2D eigenvalue weighted by Crippen LogP contribution is -2.26. The van der Waals surface area contributed by atoms with Crippen LogP contribution in [0.15, 0.2) is 59.6 Å². The molecule has 0 spiro atoms. The third-order valence-corrected chi connectivity index (χ3v) is 6.02. The van der Waals surface area contributed by atoms with Gasteiger partial charge in [-0.05, 0) is 55.3 Å². The predicted molar refractivity (Wildman–Crippen MR) is 106 cm³/mol. The Morgan fingerprint density at radius 3 is 2.71 bits per heavy atom. The van der Waals surface area contributed by atoms with E-state index in [4.69, 9.17) is 4.74 Å². The first-order valence-electron chi connectivity index (χ1n) is 8.83. The van der Waals surface area contributed by atoms with Crippen LogP contribution in [0.25, 0.3) is 10.9 Å². The standard InChI is InChI=1S/C20H19N3O4S/c1-27-15-7-8-18-17(12-15)19(9-10-21-18)22-20(24)13-3-2-4-16(11-13)28(25,26)23-14-5-6-14/h2-4,7-12,14,23H,5-6H2,1H3,(H,21,22,24). The maximum absolute atomic E-state index is 12.7. The highest BCUT2D eigenvalue weighted by Crippen LogP contribution is 2.27. The van der Waals surface area contributed by atoms with Crippen LogP contribution in [0.2, 0.25) is 0 Å². The minimum absolute atomic E-state index is 0.000598. The summed E-state index contributed by atoms with van der Waals surface area (Å²) in [6.45, 7) is 0. The number of aromatic nitrogens is 1. The summed E-state index contributed by atoms with van der Waals surface area (Å²) >= 11 is 0. The number of ether oxygens (including phenoxy) is 1. The largest absolute Gasteiger partial charge is 0.497 e. The lowest BCUT2D eigenvalue weighted by atomic mass is 10.1. The van der Waals surface area contributed by atoms with Crippen molar-refractivity contribution >= 4 is 32.5 Å². The molecule has 7 nitrogen and oxygen atoms in total. The van der Waals surface area contributed by atoms with E-state index in [1.165, 1.54) is 12.1 Å². The molecule has 0 saturated heterocycles. The lowest BCUT2D eigenvalue weighted by molar-refractivity contribution is 0.102. The van der Waals surface area contributed by atoms with Crippen molar-refractivity contribution in [2.75, 3.05) is 12.4 Å². The summed E-state index contributed by atoms with van der Waals surface area (Å²) in [6, 6.07) is 13.1. The van der Waals surface area contributed by atoms with Crippen LogP contribution in [-0.2, 0) is 10.0 Å². The normalized spacial score (nSPS) is 14.0. The van der Waals surface area contributed by atoms with Crippen LogP contribution in [0, 0.1) is 0 Å². The van der Waals surface area contributed by atoms with E-state index in [1.54, 1.807) is 49.7 Å². The molecule has 0 bridgehead atoms. The third kappa shape index (κ3) is 3.83. The van der Waals surface area contributed by atoms with Gasteiger partial charge in [-0.1, -0.05) is 6.07 Å². The maximum atomic E-state index is 12.7. The maximum Gasteiger partial charge on any atom is 0.255 e. The summed E-state index contributed by atoms with van der Waals surface area (Å²) in [4.78, 5) is 17.1. The fraction of sp³-hybridized carbons (Fsp3) is 0.200. The van der Waals surface area contributed by atoms with Gasteiger partial charge < -0.3 is 10.1 Å². The number of hydrogen-bond acceptors (Lipinski definition) is 5. The zero-order valence-electron chi connectivity index (χ0n) is 15.2. The van der Waals surface area contributed by atoms with Crippen LogP contribution in [0.4, 0.5) is 5.69 Å². The Morgan fingerprint density at radius 2 is 1.96 bits per heavy atom. The molecule has 2 aromatic carbocycles. The molecule has 2 N–H and O–H groups in total. The van der Waals surface area contributed by atoms with Gasteiger partial charge in [0, 0.05) is 23.2 Å². The van der Waals surface area contributed by atoms with E-state index in [0.717, 1.165) is 18.2 Å². The van der Waals surface area contributed by atoms with Gasteiger partial charge >= 0.3 is 0 Å². The summed E-state index contributed by atoms with van der Waals surface area (Å²) in [6.07, 6.45) is 3.29. The summed E-state index contributed by atoms with van der Waals surface area (Å²) in [5.41, 5.74) is 1.54. The molecule has 1 saturated carbocycles. The number of amides is 1. The summed E-state index contributed by atoms with van der Waals surface area (Å²) in [7, 11) is -2.06. The molecule has 1 amide bonds. The lowest BCUT2D eigenvalue weighted by Gasteiger charge is -2.11. The van der Waals surface area contributed by atoms with Gasteiger partial charge in [0.2, 0.25) is 10.0 Å². The Morgan fingerprint density at radius 1 is 1.14 bits per heavy atom. The summed E-state index contributed by atoms with van der Waals surface area (Å²) in [5.74, 6) is 0.244. The van der Waals surface area contributed by atoms with Crippen LogP contribution < -0.4 is 14.8 Å². The van der Waals surface area contributed by atoms with E-state index in [0.29, 0.717) is 17.0 Å². The van der Waals surface area contributed by atoms with Crippen LogP contribution in [-0.4, -0.2) is 32.5 Å². The molecule has 1 aliphatic rings. The van der Waals surface area contributed by atoms with Crippen molar-refractivity contribution in [2.45, 2.75) is 23.8 Å². The quantitative estimate of drug-likeness (QED) is 0.667. The first-order valence-corrected chi connectivity index (χ1v) is 10.3. The van der Waals surface area contributed by atoms with E-state index in [-0.39, 0.29) is 16.5 Å². The minimum Gasteiger partial charge on any atom is -0.497 e. The molecule has 0 unspecified atom stereocenters. The number of fused-ring (bicyclic) bond motifs is 1. The average molecular weight is 397 g/mol. The second kappa shape index (κ2) is 7.21. The van der Waals surface area contributed by atoms with Gasteiger partial charge in [0.1, 0.15) is 5.75 Å². The van der Waals surface area contributed by atoms with Gasteiger partial charge in [0.25, 0.3) is 5.91 Å². The predicted octanol–water partition coefficient (Wildman–Crippen LogP) is 2.94. The molecule has 8 heteroatoms. The van der Waals surface area contributed by atoms with Crippen molar-refractivity contribution in [1.29, 1.82) is 0 Å². The van der Waals surface area contributed by atoms with Crippen LogP contribution in [0.3, 0.4) is 0 Å². The molecular weight excluding hydrogens is 378 g/mol. The zero-order chi connectivity index (χ0) is 19.7. The Kier molecular flexibility index (Phi) is 4.74. The zero-order valence-corrected chi connectivity index (χ0v) is 16.0. The number of anilines is 1. The van der Waals surface area contributed by atoms with Gasteiger partial charge in [-0.2, -0.15) is 0 Å². The molecule has 0 atom stereocenters. The second-order valence-electron chi connectivity index (χ2n) is 6.62. The minimum atomic E-state index is -3.63. The van der Waals surface area contributed by atoms with Gasteiger partial charge in [-0.25, -0.2) is 13.1 Å². The number of nitrogens with zero attached hydrogens (tertiary/aromatic N) is 1. The van der Waals surface area contributed by atoms with Crippen LogP contribution >= 0.6 is 0 Å². The molecule has 144 valence electrons. The first-order chi connectivity index (χ1) is 13.5. The van der Waals surface area contributed by atoms with Crippen LogP contribution in [0.1, 0.15) is 23.2 Å². The summed E-state index contributed by atoms with van der Waals surface area (Å²) < 4.78 is 32.7. The van der Waals surface area contributed by atoms with Crippen molar-refractivity contribution in [3.63, 3.8) is 0 Å². The second-order valence-corrected chi connectivity index (χ2v) is 8.33. The van der Waals surface area contributed by atoms with Crippen molar-refractivity contribution in [3.05, 3.63) is 60.3 Å². The molecular formula is C20H19N3O4S. The van der Waals surface area contributed by atoms with Crippen LogP contribution in [0.5, 0.6) is 5.75 Å². The summed E-state index contributed by atoms with van der Waals surface area (Å²) in [5, 5.41) is 3.57. The number of methoxy groups -OCH3 is 1. The average Bonchev–Trinajstić information content (AvgIpc) is 3.51. The van der Waals surface area contributed by atoms with Gasteiger partial charge in [0.05, 0.1) is 23.2 Å².